The largest absolute Gasteiger partial charge is 0.478 e. The quantitative estimate of drug-likeness (QED) is 0.619. The van der Waals surface area contributed by atoms with Gasteiger partial charge in [-0.15, -0.1) is 0 Å². The summed E-state index contributed by atoms with van der Waals surface area (Å²) in [5.74, 6) is -3.74. The second-order valence-electron chi connectivity index (χ2n) is 4.09. The Labute approximate surface area is 104 Å². The molecule has 0 aliphatic carbocycles. The molecular weight excluding hydrogens is 282 g/mol. The van der Waals surface area contributed by atoms with E-state index in [1.165, 1.54) is 0 Å². The minimum Gasteiger partial charge on any atom is -0.478 e. The van der Waals surface area contributed by atoms with Crippen LogP contribution < -0.4 is 0 Å². The lowest BCUT2D eigenvalue weighted by Gasteiger charge is -2.36. The van der Waals surface area contributed by atoms with E-state index in [9.17, 15) is 31.1 Å². The predicted molar refractivity (Wildman–Crippen MR) is 52.2 cm³/mol. The molecule has 0 spiro atoms. The van der Waals surface area contributed by atoms with Gasteiger partial charge in [-0.05, 0) is 13.3 Å². The number of hydrogen-bond acceptors (Lipinski definition) is 2. The van der Waals surface area contributed by atoms with Gasteiger partial charge < -0.3 is 10.2 Å². The standard InChI is InChI=1S/C10H12F6O3/c1-5(7(17)18)3-4-6(2)8(19,9(11,12)13)10(14,15)16/h3,6,19H,4H2,1-2H3,(H,17,18). The molecule has 0 aromatic heterocycles. The van der Waals surface area contributed by atoms with E-state index >= 15 is 0 Å². The molecule has 112 valence electrons. The van der Waals surface area contributed by atoms with E-state index in [4.69, 9.17) is 10.2 Å². The Hall–Kier alpha value is -1.25. The number of aliphatic carboxylic acids is 1. The zero-order chi connectivity index (χ0) is 15.6. The Morgan fingerprint density at radius 2 is 1.53 bits per heavy atom. The Morgan fingerprint density at radius 1 is 1.16 bits per heavy atom. The van der Waals surface area contributed by atoms with Crippen molar-refractivity contribution in [1.82, 2.24) is 0 Å². The van der Waals surface area contributed by atoms with Gasteiger partial charge in [-0.2, -0.15) is 26.3 Å². The van der Waals surface area contributed by atoms with Gasteiger partial charge in [0.05, 0.1) is 0 Å². The number of carbonyl (C=O) groups is 1. The summed E-state index contributed by atoms with van der Waals surface area (Å²) in [7, 11) is 0. The number of rotatable bonds is 4. The molecule has 0 aromatic carbocycles. The fraction of sp³-hybridized carbons (Fsp3) is 0.700. The summed E-state index contributed by atoms with van der Waals surface area (Å²) in [5.41, 5.74) is -5.28. The van der Waals surface area contributed by atoms with Gasteiger partial charge in [0.2, 0.25) is 0 Å². The van der Waals surface area contributed by atoms with Gasteiger partial charge in [-0.3, -0.25) is 0 Å². The molecular formula is C10H12F6O3. The molecule has 0 saturated heterocycles. The molecule has 0 fully saturated rings. The Kier molecular flexibility index (Phi) is 5.04. The molecule has 0 bridgehead atoms. The van der Waals surface area contributed by atoms with Crippen molar-refractivity contribution < 1.29 is 41.4 Å². The number of halogens is 6. The van der Waals surface area contributed by atoms with Gasteiger partial charge in [-0.25, -0.2) is 4.79 Å². The van der Waals surface area contributed by atoms with Crippen LogP contribution in [0.25, 0.3) is 0 Å². The third-order valence-electron chi connectivity index (χ3n) is 2.69. The van der Waals surface area contributed by atoms with Gasteiger partial charge >= 0.3 is 18.3 Å². The highest BCUT2D eigenvalue weighted by molar-refractivity contribution is 5.85. The summed E-state index contributed by atoms with van der Waals surface area (Å²) in [6.45, 7) is 1.57. The van der Waals surface area contributed by atoms with Crippen LogP contribution in [0.5, 0.6) is 0 Å². The highest BCUT2D eigenvalue weighted by Gasteiger charge is 2.72. The van der Waals surface area contributed by atoms with Crippen molar-refractivity contribution in [2.24, 2.45) is 5.92 Å². The van der Waals surface area contributed by atoms with E-state index in [1.54, 1.807) is 0 Å². The molecule has 3 nitrogen and oxygen atoms in total. The monoisotopic (exact) mass is 294 g/mol. The molecule has 1 unspecified atom stereocenters. The van der Waals surface area contributed by atoms with Crippen molar-refractivity contribution in [3.8, 4) is 0 Å². The maximum absolute atomic E-state index is 12.4. The van der Waals surface area contributed by atoms with Crippen molar-refractivity contribution in [1.29, 1.82) is 0 Å². The van der Waals surface area contributed by atoms with E-state index in [-0.39, 0.29) is 0 Å². The number of allylic oxidation sites excluding steroid dienone is 1. The normalized spacial score (nSPS) is 16.4. The summed E-state index contributed by atoms with van der Waals surface area (Å²) in [6, 6.07) is 0. The molecule has 0 aliphatic heterocycles. The average molecular weight is 294 g/mol. The highest BCUT2D eigenvalue weighted by Crippen LogP contribution is 2.48. The summed E-state index contributed by atoms with van der Waals surface area (Å²) in [5, 5.41) is 17.4. The van der Waals surface area contributed by atoms with Crippen LogP contribution in [0.15, 0.2) is 11.6 Å². The number of carboxylic acid groups (broad SMARTS) is 1. The molecule has 1 atom stereocenters. The van der Waals surface area contributed by atoms with Crippen LogP contribution in [-0.2, 0) is 4.79 Å². The maximum Gasteiger partial charge on any atom is 0.426 e. The molecule has 0 heterocycles. The molecule has 9 heteroatoms. The summed E-state index contributed by atoms with van der Waals surface area (Å²) in [4.78, 5) is 10.4. The number of aliphatic hydroxyl groups is 1. The van der Waals surface area contributed by atoms with Gasteiger partial charge in [0, 0.05) is 11.5 Å². The third kappa shape index (κ3) is 3.62. The Morgan fingerprint density at radius 3 is 1.79 bits per heavy atom. The predicted octanol–water partition coefficient (Wildman–Crippen LogP) is 2.90. The molecule has 2 N–H and O–H groups in total. The highest BCUT2D eigenvalue weighted by atomic mass is 19.4. The van der Waals surface area contributed by atoms with E-state index in [0.29, 0.717) is 13.0 Å². The molecule has 0 rings (SSSR count). The van der Waals surface area contributed by atoms with Crippen LogP contribution in [-0.4, -0.2) is 34.1 Å². The van der Waals surface area contributed by atoms with Crippen molar-refractivity contribution in [3.63, 3.8) is 0 Å². The SMILES string of the molecule is CC(=CCC(C)C(O)(C(F)(F)F)C(F)(F)F)C(=O)O. The minimum atomic E-state index is -5.91. The fourth-order valence-corrected chi connectivity index (χ4v) is 1.33. The number of carboxylic acids is 1. The summed E-state index contributed by atoms with van der Waals surface area (Å²) < 4.78 is 74.6. The Balaban J connectivity index is 5.34. The average Bonchev–Trinajstić information content (AvgIpc) is 2.20. The zero-order valence-electron chi connectivity index (χ0n) is 9.93. The first-order valence-electron chi connectivity index (χ1n) is 5.01. The van der Waals surface area contributed by atoms with Gasteiger partial charge in [0.25, 0.3) is 5.60 Å². The van der Waals surface area contributed by atoms with E-state index in [2.05, 4.69) is 0 Å². The summed E-state index contributed by atoms with van der Waals surface area (Å²) in [6.07, 6.45) is -12.0. The maximum atomic E-state index is 12.4. The van der Waals surface area contributed by atoms with Crippen molar-refractivity contribution >= 4 is 5.97 Å². The first-order valence-corrected chi connectivity index (χ1v) is 5.01. The molecule has 0 saturated carbocycles. The summed E-state index contributed by atoms with van der Waals surface area (Å²) >= 11 is 0. The minimum absolute atomic E-state index is 0.404. The molecule has 0 aliphatic rings. The first-order chi connectivity index (χ1) is 8.25. The van der Waals surface area contributed by atoms with Crippen LogP contribution in [0.1, 0.15) is 20.3 Å². The van der Waals surface area contributed by atoms with E-state index < -0.39 is 41.8 Å². The smallest absolute Gasteiger partial charge is 0.426 e. The van der Waals surface area contributed by atoms with E-state index in [0.717, 1.165) is 6.92 Å². The molecule has 0 radical (unpaired) electrons. The van der Waals surface area contributed by atoms with E-state index in [1.807, 2.05) is 0 Å². The van der Waals surface area contributed by atoms with Crippen LogP contribution >= 0.6 is 0 Å². The third-order valence-corrected chi connectivity index (χ3v) is 2.69. The second-order valence-corrected chi connectivity index (χ2v) is 4.09. The van der Waals surface area contributed by atoms with Crippen LogP contribution in [0.3, 0.4) is 0 Å². The van der Waals surface area contributed by atoms with Crippen molar-refractivity contribution in [2.75, 3.05) is 0 Å². The molecule has 0 amide bonds. The number of alkyl halides is 6. The van der Waals surface area contributed by atoms with Gasteiger partial charge in [-0.1, -0.05) is 13.0 Å². The molecule has 0 aromatic rings. The van der Waals surface area contributed by atoms with Crippen molar-refractivity contribution in [2.45, 2.75) is 38.2 Å². The second kappa shape index (κ2) is 5.40. The lowest BCUT2D eigenvalue weighted by Crippen LogP contribution is -2.60. The van der Waals surface area contributed by atoms with Crippen LogP contribution in [0, 0.1) is 5.92 Å². The van der Waals surface area contributed by atoms with Gasteiger partial charge in [0.1, 0.15) is 0 Å². The lowest BCUT2D eigenvalue weighted by atomic mass is 9.84. The fourth-order valence-electron chi connectivity index (χ4n) is 1.33. The van der Waals surface area contributed by atoms with Crippen LogP contribution in [0.2, 0.25) is 0 Å². The number of hydrogen-bond donors (Lipinski definition) is 2. The van der Waals surface area contributed by atoms with Gasteiger partial charge in [0.15, 0.2) is 0 Å². The lowest BCUT2D eigenvalue weighted by molar-refractivity contribution is -0.383. The zero-order valence-corrected chi connectivity index (χ0v) is 9.93. The topological polar surface area (TPSA) is 57.5 Å². The first kappa shape index (κ1) is 17.8. The van der Waals surface area contributed by atoms with Crippen LogP contribution in [0.4, 0.5) is 26.3 Å². The Bertz CT molecular complexity index is 354. The molecule has 19 heavy (non-hydrogen) atoms. The van der Waals surface area contributed by atoms with Crippen molar-refractivity contribution in [3.05, 3.63) is 11.6 Å².